The number of carbonyl (C=O) groups excluding carboxylic acids is 1. The van der Waals surface area contributed by atoms with Gasteiger partial charge in [0.25, 0.3) is 5.91 Å². The highest BCUT2D eigenvalue weighted by Crippen LogP contribution is 2.27. The number of benzene rings is 1. The van der Waals surface area contributed by atoms with Gasteiger partial charge in [0, 0.05) is 11.6 Å². The Labute approximate surface area is 101 Å². The summed E-state index contributed by atoms with van der Waals surface area (Å²) >= 11 is 0. The Morgan fingerprint density at radius 2 is 2.00 bits per heavy atom. The number of hydrogen-bond acceptors (Lipinski definition) is 2. The Morgan fingerprint density at radius 1 is 1.12 bits per heavy atom. The highest BCUT2D eigenvalue weighted by atomic mass is 16.2. The maximum atomic E-state index is 12.0. The highest BCUT2D eigenvalue weighted by Gasteiger charge is 2.28. The lowest BCUT2D eigenvalue weighted by molar-refractivity contribution is 0.0920. The summed E-state index contributed by atoms with van der Waals surface area (Å²) in [7, 11) is 0. The van der Waals surface area contributed by atoms with Crippen molar-refractivity contribution in [2.45, 2.75) is 25.4 Å². The van der Waals surface area contributed by atoms with Crippen LogP contribution in [0.1, 0.15) is 29.6 Å². The Morgan fingerprint density at radius 3 is 2.82 bits per heavy atom. The quantitative estimate of drug-likeness (QED) is 0.725. The van der Waals surface area contributed by atoms with Crippen molar-refractivity contribution >= 4 is 11.6 Å². The van der Waals surface area contributed by atoms with Crippen molar-refractivity contribution in [1.82, 2.24) is 5.32 Å². The van der Waals surface area contributed by atoms with Crippen LogP contribution in [0.15, 0.2) is 36.4 Å². The van der Waals surface area contributed by atoms with Crippen LogP contribution in [0.25, 0.3) is 0 Å². The molecule has 0 saturated carbocycles. The molecular formula is C14H16N2O. The number of rotatable bonds is 1. The fourth-order valence-corrected chi connectivity index (χ4v) is 2.59. The monoisotopic (exact) mass is 228 g/mol. The lowest BCUT2D eigenvalue weighted by Gasteiger charge is -2.34. The summed E-state index contributed by atoms with van der Waals surface area (Å²) in [4.78, 5) is 12.0. The fourth-order valence-electron chi connectivity index (χ4n) is 2.59. The molecule has 1 aliphatic carbocycles. The van der Waals surface area contributed by atoms with Gasteiger partial charge < -0.3 is 10.6 Å². The van der Waals surface area contributed by atoms with E-state index >= 15 is 0 Å². The van der Waals surface area contributed by atoms with Gasteiger partial charge in [0.05, 0.1) is 5.56 Å². The van der Waals surface area contributed by atoms with E-state index in [0.717, 1.165) is 30.5 Å². The van der Waals surface area contributed by atoms with Crippen LogP contribution >= 0.6 is 0 Å². The minimum Gasteiger partial charge on any atom is -0.364 e. The normalized spacial score (nSPS) is 26.9. The van der Waals surface area contributed by atoms with E-state index in [1.54, 1.807) is 0 Å². The third-order valence-electron chi connectivity index (χ3n) is 3.55. The van der Waals surface area contributed by atoms with E-state index in [2.05, 4.69) is 22.8 Å². The molecule has 2 aliphatic rings. The van der Waals surface area contributed by atoms with Gasteiger partial charge in [-0.1, -0.05) is 24.3 Å². The summed E-state index contributed by atoms with van der Waals surface area (Å²) in [6.45, 7) is 0. The summed E-state index contributed by atoms with van der Waals surface area (Å²) in [5, 5.41) is 6.49. The first-order valence-electron chi connectivity index (χ1n) is 6.16. The summed E-state index contributed by atoms with van der Waals surface area (Å²) in [6.07, 6.45) is 7.79. The number of anilines is 1. The molecule has 0 saturated heterocycles. The van der Waals surface area contributed by atoms with Crippen LogP contribution in [-0.2, 0) is 0 Å². The molecule has 17 heavy (non-hydrogen) atoms. The Kier molecular flexibility index (Phi) is 2.59. The van der Waals surface area contributed by atoms with Gasteiger partial charge in [-0.25, -0.2) is 0 Å². The van der Waals surface area contributed by atoms with Crippen LogP contribution in [-0.4, -0.2) is 12.1 Å². The van der Waals surface area contributed by atoms with Gasteiger partial charge in [-0.15, -0.1) is 0 Å². The summed E-state index contributed by atoms with van der Waals surface area (Å²) in [5.41, 5.74) is 1.70. The maximum absolute atomic E-state index is 12.0. The molecule has 0 radical (unpaired) electrons. The second-order valence-electron chi connectivity index (χ2n) is 4.69. The van der Waals surface area contributed by atoms with Crippen molar-refractivity contribution in [3.05, 3.63) is 42.0 Å². The minimum absolute atomic E-state index is 0.0407. The zero-order chi connectivity index (χ0) is 11.7. The molecule has 3 rings (SSSR count). The van der Waals surface area contributed by atoms with E-state index in [4.69, 9.17) is 0 Å². The molecule has 3 heteroatoms. The van der Waals surface area contributed by atoms with Crippen molar-refractivity contribution in [2.75, 3.05) is 5.32 Å². The highest BCUT2D eigenvalue weighted by molar-refractivity contribution is 6.01. The Balaban J connectivity index is 1.83. The molecule has 0 fully saturated rings. The van der Waals surface area contributed by atoms with E-state index < -0.39 is 0 Å². The van der Waals surface area contributed by atoms with E-state index in [9.17, 15) is 4.79 Å². The molecule has 0 spiro atoms. The molecule has 0 bridgehead atoms. The van der Waals surface area contributed by atoms with Crippen LogP contribution in [0, 0.1) is 5.92 Å². The second kappa shape index (κ2) is 4.24. The zero-order valence-electron chi connectivity index (χ0n) is 9.65. The summed E-state index contributed by atoms with van der Waals surface area (Å²) < 4.78 is 0. The molecule has 3 nitrogen and oxygen atoms in total. The topological polar surface area (TPSA) is 41.1 Å². The molecule has 2 N–H and O–H groups in total. The van der Waals surface area contributed by atoms with E-state index in [1.807, 2.05) is 24.3 Å². The van der Waals surface area contributed by atoms with Gasteiger partial charge in [-0.3, -0.25) is 4.79 Å². The molecule has 1 heterocycles. The molecule has 0 aromatic heterocycles. The number of fused-ring (bicyclic) bond motifs is 1. The lowest BCUT2D eigenvalue weighted by Crippen LogP contribution is -2.49. The predicted molar refractivity (Wildman–Crippen MR) is 67.8 cm³/mol. The van der Waals surface area contributed by atoms with Crippen LogP contribution in [0.4, 0.5) is 5.69 Å². The first-order chi connectivity index (χ1) is 8.34. The number of amides is 1. The summed E-state index contributed by atoms with van der Waals surface area (Å²) in [6, 6.07) is 7.68. The number of para-hydroxylation sites is 1. The largest absolute Gasteiger partial charge is 0.364 e. The van der Waals surface area contributed by atoms with Crippen molar-refractivity contribution in [3.63, 3.8) is 0 Å². The van der Waals surface area contributed by atoms with Gasteiger partial charge in [0.2, 0.25) is 0 Å². The molecule has 1 aliphatic heterocycles. The molecule has 1 aromatic carbocycles. The van der Waals surface area contributed by atoms with E-state index in [-0.39, 0.29) is 12.1 Å². The molecular weight excluding hydrogens is 212 g/mol. The van der Waals surface area contributed by atoms with Gasteiger partial charge in [-0.05, 0) is 31.4 Å². The van der Waals surface area contributed by atoms with Crippen molar-refractivity contribution < 1.29 is 4.79 Å². The van der Waals surface area contributed by atoms with Crippen molar-refractivity contribution in [3.8, 4) is 0 Å². The standard InChI is InChI=1S/C14H16N2O/c17-14-11-8-4-5-9-12(11)15-13(16-14)10-6-2-1-3-7-10/h1-2,4-5,8-10,13,15H,3,6-7H2,(H,16,17)/t10-,13-/m1/s1. The SMILES string of the molecule is O=C1N[C@H]([C@@H]2CC=CCC2)Nc2ccccc21. The fraction of sp³-hybridized carbons (Fsp3) is 0.357. The first kappa shape index (κ1) is 10.4. The van der Waals surface area contributed by atoms with Gasteiger partial charge in [0.15, 0.2) is 0 Å². The zero-order valence-corrected chi connectivity index (χ0v) is 9.65. The van der Waals surface area contributed by atoms with Crippen molar-refractivity contribution in [2.24, 2.45) is 5.92 Å². The van der Waals surface area contributed by atoms with Gasteiger partial charge in [-0.2, -0.15) is 0 Å². The van der Waals surface area contributed by atoms with Gasteiger partial charge in [0.1, 0.15) is 6.17 Å². The Bertz CT molecular complexity index is 467. The molecule has 1 amide bonds. The first-order valence-corrected chi connectivity index (χ1v) is 6.16. The minimum atomic E-state index is 0.0407. The second-order valence-corrected chi connectivity index (χ2v) is 4.69. The van der Waals surface area contributed by atoms with Crippen LogP contribution in [0.2, 0.25) is 0 Å². The number of allylic oxidation sites excluding steroid dienone is 2. The lowest BCUT2D eigenvalue weighted by atomic mass is 9.90. The molecule has 88 valence electrons. The summed E-state index contributed by atoms with van der Waals surface area (Å²) in [5.74, 6) is 0.538. The van der Waals surface area contributed by atoms with E-state index in [0.29, 0.717) is 5.92 Å². The number of nitrogens with one attached hydrogen (secondary N) is 2. The van der Waals surface area contributed by atoms with Crippen LogP contribution < -0.4 is 10.6 Å². The van der Waals surface area contributed by atoms with Crippen molar-refractivity contribution in [1.29, 1.82) is 0 Å². The molecule has 0 unspecified atom stereocenters. The molecule has 1 aromatic rings. The third kappa shape index (κ3) is 1.93. The maximum Gasteiger partial charge on any atom is 0.254 e. The third-order valence-corrected chi connectivity index (χ3v) is 3.55. The van der Waals surface area contributed by atoms with Crippen LogP contribution in [0.3, 0.4) is 0 Å². The van der Waals surface area contributed by atoms with Gasteiger partial charge >= 0.3 is 0 Å². The number of hydrogen-bond donors (Lipinski definition) is 2. The average Bonchev–Trinajstić information content (AvgIpc) is 2.40. The smallest absolute Gasteiger partial charge is 0.254 e. The van der Waals surface area contributed by atoms with E-state index in [1.165, 1.54) is 0 Å². The predicted octanol–water partition coefficient (Wildman–Crippen LogP) is 2.52. The number of carbonyl (C=O) groups is 1. The molecule has 2 atom stereocenters. The average molecular weight is 228 g/mol. The Hall–Kier alpha value is -1.77. The van der Waals surface area contributed by atoms with Crippen LogP contribution in [0.5, 0.6) is 0 Å².